The summed E-state index contributed by atoms with van der Waals surface area (Å²) in [6.07, 6.45) is 43.2. The van der Waals surface area contributed by atoms with Gasteiger partial charge in [-0.3, -0.25) is 37.3 Å². The molecule has 0 aromatic carbocycles. The van der Waals surface area contributed by atoms with E-state index in [9.17, 15) is 43.2 Å². The van der Waals surface area contributed by atoms with Crippen LogP contribution in [0.5, 0.6) is 0 Å². The highest BCUT2D eigenvalue weighted by molar-refractivity contribution is 7.47. The van der Waals surface area contributed by atoms with E-state index < -0.39 is 97.5 Å². The van der Waals surface area contributed by atoms with Gasteiger partial charge in [-0.2, -0.15) is 0 Å². The first-order valence-electron chi connectivity index (χ1n) is 36.7. The maximum atomic E-state index is 13.0. The smallest absolute Gasteiger partial charge is 0.462 e. The monoisotopic (exact) mass is 1320 g/mol. The van der Waals surface area contributed by atoms with Crippen LogP contribution in [0.2, 0.25) is 0 Å². The van der Waals surface area contributed by atoms with Gasteiger partial charge in [-0.15, -0.1) is 0 Å². The van der Waals surface area contributed by atoms with E-state index in [0.717, 1.165) is 114 Å². The van der Waals surface area contributed by atoms with Gasteiger partial charge in [-0.05, 0) is 49.4 Å². The summed E-state index contributed by atoms with van der Waals surface area (Å²) in [7, 11) is -9.90. The highest BCUT2D eigenvalue weighted by Gasteiger charge is 2.30. The SMILES string of the molecule is CCC(C)CCCCCCCCCCC(=O)O[C@H](COC(=O)CCCCCCCCCCC(C)C)COP(=O)(O)OCC(O)COP(=O)(O)OC[C@@H](COC(=O)CCCCCCCCC(C)C)OC(=O)CCCCCCCCCCCCCCCCCC(C)C. The van der Waals surface area contributed by atoms with Crippen molar-refractivity contribution in [2.45, 2.75) is 369 Å². The number of phosphoric acid groups is 2. The molecule has 0 aliphatic rings. The topological polar surface area (TPSA) is 237 Å². The molecule has 0 aliphatic carbocycles. The van der Waals surface area contributed by atoms with Crippen LogP contribution in [-0.2, 0) is 65.4 Å². The van der Waals surface area contributed by atoms with Crippen LogP contribution < -0.4 is 0 Å². The van der Waals surface area contributed by atoms with Crippen LogP contribution in [0, 0.1) is 23.7 Å². The second-order valence-electron chi connectivity index (χ2n) is 27.3. The van der Waals surface area contributed by atoms with Crippen molar-refractivity contribution in [2.75, 3.05) is 39.6 Å². The summed E-state index contributed by atoms with van der Waals surface area (Å²) < 4.78 is 68.3. The summed E-state index contributed by atoms with van der Waals surface area (Å²) in [6.45, 7) is 14.1. The number of carbonyl (C=O) groups is 4. The predicted molar refractivity (Wildman–Crippen MR) is 363 cm³/mol. The molecule has 90 heavy (non-hydrogen) atoms. The molecule has 534 valence electrons. The highest BCUT2D eigenvalue weighted by atomic mass is 31.2. The number of hydrogen-bond donors (Lipinski definition) is 3. The van der Waals surface area contributed by atoms with Gasteiger partial charge in [0.2, 0.25) is 0 Å². The normalized spacial score (nSPS) is 14.6. The van der Waals surface area contributed by atoms with E-state index in [2.05, 4.69) is 55.4 Å². The molecule has 0 saturated carbocycles. The lowest BCUT2D eigenvalue weighted by atomic mass is 9.99. The highest BCUT2D eigenvalue weighted by Crippen LogP contribution is 2.45. The van der Waals surface area contributed by atoms with Gasteiger partial charge in [-0.25, -0.2) is 9.13 Å². The number of aliphatic hydroxyl groups is 1. The summed E-state index contributed by atoms with van der Waals surface area (Å²) in [4.78, 5) is 72.5. The molecule has 0 rings (SSSR count). The predicted octanol–water partition coefficient (Wildman–Crippen LogP) is 20.1. The first-order chi connectivity index (χ1) is 43.1. The third-order valence-corrected chi connectivity index (χ3v) is 18.6. The van der Waals surface area contributed by atoms with Gasteiger partial charge in [0.25, 0.3) is 0 Å². The number of unbranched alkanes of at least 4 members (excludes halogenated alkanes) is 33. The molecule has 0 bridgehead atoms. The van der Waals surface area contributed by atoms with E-state index >= 15 is 0 Å². The van der Waals surface area contributed by atoms with Crippen molar-refractivity contribution >= 4 is 39.5 Å². The molecular weight excluding hydrogens is 1190 g/mol. The Balaban J connectivity index is 5.21. The van der Waals surface area contributed by atoms with Gasteiger partial charge >= 0.3 is 39.5 Å². The van der Waals surface area contributed by atoms with Crippen molar-refractivity contribution in [3.63, 3.8) is 0 Å². The molecule has 17 nitrogen and oxygen atoms in total. The Morgan fingerprint density at radius 1 is 0.311 bits per heavy atom. The molecule has 4 unspecified atom stereocenters. The minimum atomic E-state index is -4.95. The second kappa shape index (κ2) is 60.7. The third-order valence-electron chi connectivity index (χ3n) is 16.7. The summed E-state index contributed by atoms with van der Waals surface area (Å²) in [5.74, 6) is 0.846. The van der Waals surface area contributed by atoms with E-state index in [1.54, 1.807) is 0 Å². The van der Waals surface area contributed by atoms with Gasteiger partial charge in [0.05, 0.1) is 26.4 Å². The van der Waals surface area contributed by atoms with Gasteiger partial charge in [0, 0.05) is 25.7 Å². The van der Waals surface area contributed by atoms with Crippen molar-refractivity contribution in [3.05, 3.63) is 0 Å². The first-order valence-corrected chi connectivity index (χ1v) is 39.7. The van der Waals surface area contributed by atoms with Gasteiger partial charge in [0.15, 0.2) is 12.2 Å². The lowest BCUT2D eigenvalue weighted by Gasteiger charge is -2.21. The minimum absolute atomic E-state index is 0.104. The Labute approximate surface area is 549 Å². The molecule has 0 aromatic rings. The molecule has 3 N–H and O–H groups in total. The quantitative estimate of drug-likeness (QED) is 0.0222. The van der Waals surface area contributed by atoms with Gasteiger partial charge in [0.1, 0.15) is 19.3 Å². The fourth-order valence-corrected chi connectivity index (χ4v) is 12.2. The molecule has 0 radical (unpaired) electrons. The van der Waals surface area contributed by atoms with Crippen molar-refractivity contribution in [1.29, 1.82) is 0 Å². The largest absolute Gasteiger partial charge is 0.472 e. The Kier molecular flexibility index (Phi) is 59.4. The number of aliphatic hydroxyl groups excluding tert-OH is 1. The maximum Gasteiger partial charge on any atom is 0.472 e. The fourth-order valence-electron chi connectivity index (χ4n) is 10.6. The lowest BCUT2D eigenvalue weighted by Crippen LogP contribution is -2.30. The number of hydrogen-bond acceptors (Lipinski definition) is 15. The van der Waals surface area contributed by atoms with Crippen LogP contribution in [0.1, 0.15) is 351 Å². The van der Waals surface area contributed by atoms with Gasteiger partial charge in [-0.1, -0.05) is 299 Å². The Hall–Kier alpha value is -1.94. The zero-order valence-electron chi connectivity index (χ0n) is 58.8. The number of carbonyl (C=O) groups excluding carboxylic acids is 4. The Morgan fingerprint density at radius 3 is 0.789 bits per heavy atom. The minimum Gasteiger partial charge on any atom is -0.462 e. The number of phosphoric ester groups is 2. The summed E-state index contributed by atoms with van der Waals surface area (Å²) >= 11 is 0. The fraction of sp³-hybridized carbons (Fsp3) is 0.944. The Bertz CT molecular complexity index is 1780. The summed E-state index contributed by atoms with van der Waals surface area (Å²) in [6, 6.07) is 0. The first kappa shape index (κ1) is 88.1. The van der Waals surface area contributed by atoms with Crippen molar-refractivity contribution in [2.24, 2.45) is 23.7 Å². The molecule has 6 atom stereocenters. The van der Waals surface area contributed by atoms with Crippen LogP contribution in [0.3, 0.4) is 0 Å². The van der Waals surface area contributed by atoms with E-state index in [0.29, 0.717) is 31.6 Å². The molecule has 19 heteroatoms. The van der Waals surface area contributed by atoms with E-state index in [-0.39, 0.29) is 25.7 Å². The molecule has 0 aliphatic heterocycles. The lowest BCUT2D eigenvalue weighted by molar-refractivity contribution is -0.161. The number of ether oxygens (including phenoxy) is 4. The van der Waals surface area contributed by atoms with Crippen LogP contribution in [0.4, 0.5) is 0 Å². The van der Waals surface area contributed by atoms with Crippen LogP contribution >= 0.6 is 15.6 Å². The van der Waals surface area contributed by atoms with Gasteiger partial charge < -0.3 is 33.8 Å². The van der Waals surface area contributed by atoms with Crippen LogP contribution in [0.15, 0.2) is 0 Å². The van der Waals surface area contributed by atoms with Crippen LogP contribution in [-0.4, -0.2) is 96.7 Å². The van der Waals surface area contributed by atoms with Crippen molar-refractivity contribution < 1.29 is 80.2 Å². The van der Waals surface area contributed by atoms with Crippen LogP contribution in [0.25, 0.3) is 0 Å². The standard InChI is InChI=1S/C71H138O17P2/c1-9-64(8)50-42-34-25-20-22-28-38-46-54-71(76)88-66(57-81-68(73)51-43-35-26-21-19-24-32-40-48-62(4)5)59-85-89(77,78)83-55-65(72)56-84-90(79,80)86-60-67(58-82-69(74)52-44-36-30-29-33-41-49-63(6)7)87-70(75)53-45-37-27-18-16-14-12-10-11-13-15-17-23-31-39-47-61(2)3/h61-67,72H,9-60H2,1-8H3,(H,77,78)(H,79,80)/t64?,65?,66-,67-/m1/s1. The average Bonchev–Trinajstić information content (AvgIpc) is 2.98. The van der Waals surface area contributed by atoms with E-state index in [4.69, 9.17) is 37.0 Å². The zero-order valence-corrected chi connectivity index (χ0v) is 60.6. The van der Waals surface area contributed by atoms with E-state index in [1.165, 1.54) is 148 Å². The number of esters is 4. The summed E-state index contributed by atoms with van der Waals surface area (Å²) in [5, 5.41) is 10.6. The number of rotatable bonds is 68. The van der Waals surface area contributed by atoms with E-state index in [1.807, 2.05) is 0 Å². The Morgan fingerprint density at radius 2 is 0.533 bits per heavy atom. The molecule has 0 saturated heterocycles. The third kappa shape index (κ3) is 63.5. The zero-order chi connectivity index (χ0) is 66.8. The second-order valence-corrected chi connectivity index (χ2v) is 30.2. The maximum absolute atomic E-state index is 13.0. The molecular formula is C71H138O17P2. The summed E-state index contributed by atoms with van der Waals surface area (Å²) in [5.41, 5.74) is 0. The molecule has 0 amide bonds. The molecule has 0 spiro atoms. The van der Waals surface area contributed by atoms with Crippen molar-refractivity contribution in [3.8, 4) is 0 Å². The average molecular weight is 1330 g/mol. The molecule has 0 aromatic heterocycles. The molecule has 0 fully saturated rings. The molecule has 0 heterocycles. The van der Waals surface area contributed by atoms with Crippen molar-refractivity contribution in [1.82, 2.24) is 0 Å².